The quantitative estimate of drug-likeness (QED) is 0.902. The standard InChI is InChI=1S/C13H15F3N4/c1-20-6-7-4-12(7)5-8(11(12)20)17-10-3-2-9(18-19-10)13(14,15)16/h2-3,7-8,11H,4-6H2,1H3,(H,17,19). The van der Waals surface area contributed by atoms with E-state index in [1.54, 1.807) is 0 Å². The molecular formula is C13H15F3N4. The van der Waals surface area contributed by atoms with E-state index in [2.05, 4.69) is 27.5 Å². The lowest BCUT2D eigenvalue weighted by Gasteiger charge is -2.47. The number of halogens is 3. The lowest BCUT2D eigenvalue weighted by atomic mass is 9.71. The Hall–Kier alpha value is -1.37. The summed E-state index contributed by atoms with van der Waals surface area (Å²) < 4.78 is 37.2. The second kappa shape index (κ2) is 3.63. The summed E-state index contributed by atoms with van der Waals surface area (Å²) in [7, 11) is 2.12. The number of piperidine rings is 1. The van der Waals surface area contributed by atoms with Gasteiger partial charge in [-0.05, 0) is 43.4 Å². The van der Waals surface area contributed by atoms with Crippen LogP contribution >= 0.6 is 0 Å². The number of aromatic nitrogens is 2. The summed E-state index contributed by atoms with van der Waals surface area (Å²) in [4.78, 5) is 2.35. The van der Waals surface area contributed by atoms with E-state index >= 15 is 0 Å². The van der Waals surface area contributed by atoms with Crippen LogP contribution in [0.4, 0.5) is 19.0 Å². The highest BCUT2D eigenvalue weighted by Gasteiger charge is 2.73. The lowest BCUT2D eigenvalue weighted by Crippen LogP contribution is -2.57. The van der Waals surface area contributed by atoms with Crippen LogP contribution in [0, 0.1) is 11.3 Å². The number of nitrogens with one attached hydrogen (secondary N) is 1. The third kappa shape index (κ3) is 1.58. The van der Waals surface area contributed by atoms with E-state index in [-0.39, 0.29) is 6.04 Å². The molecule has 2 heterocycles. The third-order valence-corrected chi connectivity index (χ3v) is 5.12. The first-order valence-electron chi connectivity index (χ1n) is 6.78. The molecule has 108 valence electrons. The number of nitrogens with zero attached hydrogens (tertiary/aromatic N) is 3. The maximum atomic E-state index is 12.4. The molecule has 4 nitrogen and oxygen atoms in total. The van der Waals surface area contributed by atoms with Crippen LogP contribution in [0.25, 0.3) is 0 Å². The van der Waals surface area contributed by atoms with Gasteiger partial charge in [0.2, 0.25) is 0 Å². The van der Waals surface area contributed by atoms with Crippen molar-refractivity contribution in [3.63, 3.8) is 0 Å². The Bertz CT molecular complexity index is 544. The minimum absolute atomic E-state index is 0.276. The zero-order chi connectivity index (χ0) is 14.1. The van der Waals surface area contributed by atoms with Crippen LogP contribution in [0.1, 0.15) is 18.5 Å². The van der Waals surface area contributed by atoms with Gasteiger partial charge in [-0.25, -0.2) is 0 Å². The van der Waals surface area contributed by atoms with E-state index < -0.39 is 11.9 Å². The SMILES string of the molecule is CN1CC2CC23CC(Nc2ccc(C(F)(F)F)nn2)C13. The molecule has 4 atom stereocenters. The molecule has 3 fully saturated rings. The summed E-state index contributed by atoms with van der Waals surface area (Å²) in [6.07, 6.45) is -2.03. The normalized spacial score (nSPS) is 38.9. The van der Waals surface area contributed by atoms with E-state index in [0.717, 1.165) is 24.9 Å². The lowest BCUT2D eigenvalue weighted by molar-refractivity contribution is -0.141. The Morgan fingerprint density at radius 1 is 1.30 bits per heavy atom. The number of hydrogen-bond donors (Lipinski definition) is 1. The van der Waals surface area contributed by atoms with Gasteiger partial charge in [0, 0.05) is 18.6 Å². The van der Waals surface area contributed by atoms with Gasteiger partial charge in [0.25, 0.3) is 0 Å². The molecule has 1 aromatic heterocycles. The average molecular weight is 284 g/mol. The van der Waals surface area contributed by atoms with Crippen molar-refractivity contribution in [1.82, 2.24) is 15.1 Å². The fraction of sp³-hybridized carbons (Fsp3) is 0.692. The van der Waals surface area contributed by atoms with Crippen molar-refractivity contribution < 1.29 is 13.2 Å². The predicted molar refractivity (Wildman–Crippen MR) is 66.0 cm³/mol. The Balaban J connectivity index is 1.45. The van der Waals surface area contributed by atoms with Crippen LogP contribution in [0.15, 0.2) is 12.1 Å². The number of hydrogen-bond acceptors (Lipinski definition) is 4. The average Bonchev–Trinajstić information content (AvgIpc) is 2.98. The topological polar surface area (TPSA) is 41.0 Å². The smallest absolute Gasteiger partial charge is 0.364 e. The van der Waals surface area contributed by atoms with E-state index in [9.17, 15) is 13.2 Å². The second-order valence-corrected chi connectivity index (χ2v) is 6.28. The molecule has 1 aliphatic heterocycles. The Morgan fingerprint density at radius 3 is 2.70 bits per heavy atom. The summed E-state index contributed by atoms with van der Waals surface area (Å²) in [6, 6.07) is 3.11. The minimum Gasteiger partial charge on any atom is -0.364 e. The molecule has 3 aliphatic rings. The van der Waals surface area contributed by atoms with Crippen LogP contribution < -0.4 is 5.32 Å². The number of alkyl halides is 3. The van der Waals surface area contributed by atoms with Gasteiger partial charge in [-0.1, -0.05) is 0 Å². The molecule has 1 spiro atoms. The zero-order valence-corrected chi connectivity index (χ0v) is 11.0. The van der Waals surface area contributed by atoms with Crippen molar-refractivity contribution in [2.45, 2.75) is 31.1 Å². The largest absolute Gasteiger partial charge is 0.435 e. The molecule has 2 aliphatic carbocycles. The maximum Gasteiger partial charge on any atom is 0.435 e. The Labute approximate surface area is 114 Å². The van der Waals surface area contributed by atoms with E-state index in [0.29, 0.717) is 17.3 Å². The van der Waals surface area contributed by atoms with Gasteiger partial charge in [-0.2, -0.15) is 13.2 Å². The minimum atomic E-state index is -4.43. The summed E-state index contributed by atoms with van der Waals surface area (Å²) in [6.45, 7) is 1.14. The van der Waals surface area contributed by atoms with Gasteiger partial charge < -0.3 is 10.2 Å². The Kier molecular flexibility index (Phi) is 2.25. The summed E-state index contributed by atoms with van der Waals surface area (Å²) in [5, 5.41) is 10.1. The molecule has 7 heteroatoms. The van der Waals surface area contributed by atoms with Gasteiger partial charge in [0.05, 0.1) is 0 Å². The summed E-state index contributed by atoms with van der Waals surface area (Å²) >= 11 is 0. The molecule has 0 aromatic carbocycles. The molecule has 0 amide bonds. The van der Waals surface area contributed by atoms with Crippen molar-refractivity contribution in [2.75, 3.05) is 18.9 Å². The molecule has 4 unspecified atom stereocenters. The fourth-order valence-electron chi connectivity index (χ4n) is 4.23. The number of likely N-dealkylation sites (tertiary alicyclic amines) is 1. The Morgan fingerprint density at radius 2 is 2.10 bits per heavy atom. The number of rotatable bonds is 2. The molecule has 1 aromatic rings. The summed E-state index contributed by atoms with van der Waals surface area (Å²) in [5.74, 6) is 1.25. The first-order chi connectivity index (χ1) is 9.40. The van der Waals surface area contributed by atoms with Crippen LogP contribution in [0.5, 0.6) is 0 Å². The number of anilines is 1. The van der Waals surface area contributed by atoms with Gasteiger partial charge in [0.15, 0.2) is 5.69 Å². The van der Waals surface area contributed by atoms with Crippen molar-refractivity contribution >= 4 is 5.82 Å². The molecule has 2 saturated carbocycles. The highest BCUT2D eigenvalue weighted by atomic mass is 19.4. The van der Waals surface area contributed by atoms with Gasteiger partial charge in [0.1, 0.15) is 5.82 Å². The van der Waals surface area contributed by atoms with E-state index in [4.69, 9.17) is 0 Å². The third-order valence-electron chi connectivity index (χ3n) is 5.12. The molecule has 1 N–H and O–H groups in total. The monoisotopic (exact) mass is 284 g/mol. The molecule has 1 saturated heterocycles. The highest BCUT2D eigenvalue weighted by Crippen LogP contribution is 2.71. The van der Waals surface area contributed by atoms with Crippen LogP contribution in [0.3, 0.4) is 0 Å². The molecular weight excluding hydrogens is 269 g/mol. The van der Waals surface area contributed by atoms with Crippen LogP contribution in [-0.4, -0.2) is 40.8 Å². The van der Waals surface area contributed by atoms with Crippen molar-refractivity contribution in [3.05, 3.63) is 17.8 Å². The molecule has 0 bridgehead atoms. The molecule has 4 rings (SSSR count). The van der Waals surface area contributed by atoms with E-state index in [1.807, 2.05) is 0 Å². The van der Waals surface area contributed by atoms with Gasteiger partial charge in [-0.15, -0.1) is 10.2 Å². The van der Waals surface area contributed by atoms with Crippen LogP contribution in [-0.2, 0) is 6.18 Å². The summed E-state index contributed by atoms with van der Waals surface area (Å²) in [5.41, 5.74) is -0.459. The van der Waals surface area contributed by atoms with Crippen molar-refractivity contribution in [1.29, 1.82) is 0 Å². The van der Waals surface area contributed by atoms with Crippen molar-refractivity contribution in [2.24, 2.45) is 11.3 Å². The zero-order valence-electron chi connectivity index (χ0n) is 11.0. The van der Waals surface area contributed by atoms with Gasteiger partial charge in [-0.3, -0.25) is 0 Å². The maximum absolute atomic E-state index is 12.4. The molecule has 20 heavy (non-hydrogen) atoms. The highest BCUT2D eigenvalue weighted by molar-refractivity contribution is 5.40. The second-order valence-electron chi connectivity index (χ2n) is 6.28. The predicted octanol–water partition coefficient (Wildman–Crippen LogP) is 2.00. The van der Waals surface area contributed by atoms with Crippen molar-refractivity contribution in [3.8, 4) is 0 Å². The van der Waals surface area contributed by atoms with E-state index in [1.165, 1.54) is 12.5 Å². The first-order valence-corrected chi connectivity index (χ1v) is 6.78. The van der Waals surface area contributed by atoms with Crippen LogP contribution in [0.2, 0.25) is 0 Å². The first kappa shape index (κ1) is 12.4. The molecule has 0 radical (unpaired) electrons. The fourth-order valence-corrected chi connectivity index (χ4v) is 4.23. The number of likely N-dealkylation sites (N-methyl/N-ethyl adjacent to an activating group) is 1. The van der Waals surface area contributed by atoms with Gasteiger partial charge >= 0.3 is 6.18 Å².